The summed E-state index contributed by atoms with van der Waals surface area (Å²) in [6.45, 7) is 4.27. The maximum atomic E-state index is 11.1. The molecule has 0 aliphatic rings. The summed E-state index contributed by atoms with van der Waals surface area (Å²) in [5.41, 5.74) is 0. The zero-order valence-corrected chi connectivity index (χ0v) is 12.0. The molecule has 0 amide bonds. The Bertz CT molecular complexity index is 232. The number of rotatable bonds is 13. The zero-order chi connectivity index (χ0) is 14.5. The number of hydrogen-bond donors (Lipinski definition) is 0. The van der Waals surface area contributed by atoms with E-state index in [1.165, 1.54) is 7.11 Å². The van der Waals surface area contributed by atoms with Crippen molar-refractivity contribution in [3.8, 4) is 0 Å². The number of ether oxygens (including phenoxy) is 4. The molecule has 0 N–H and O–H groups in total. The lowest BCUT2D eigenvalue weighted by Crippen LogP contribution is -2.28. The van der Waals surface area contributed by atoms with Gasteiger partial charge in [-0.15, -0.1) is 0 Å². The van der Waals surface area contributed by atoms with Crippen LogP contribution in [0.5, 0.6) is 0 Å². The van der Waals surface area contributed by atoms with Crippen molar-refractivity contribution >= 4 is 11.6 Å². The lowest BCUT2D eigenvalue weighted by molar-refractivity contribution is -0.137. The Morgan fingerprint density at radius 2 is 1.42 bits per heavy atom. The second-order valence-electron chi connectivity index (χ2n) is 4.01. The molecule has 0 aliphatic heterocycles. The van der Waals surface area contributed by atoms with Crippen LogP contribution in [0, 0.1) is 0 Å². The molecule has 0 bridgehead atoms. The van der Waals surface area contributed by atoms with Gasteiger partial charge < -0.3 is 18.9 Å². The molecule has 0 saturated heterocycles. The molecule has 0 rings (SSSR count). The molecule has 0 aromatic carbocycles. The normalized spacial score (nSPS) is 10.9. The summed E-state index contributed by atoms with van der Waals surface area (Å²) in [6.07, 6.45) is 0.546. The number of ketones is 2. The molecule has 0 heterocycles. The van der Waals surface area contributed by atoms with Gasteiger partial charge in [-0.25, -0.2) is 0 Å². The van der Waals surface area contributed by atoms with E-state index in [1.54, 1.807) is 13.8 Å². The topological polar surface area (TPSA) is 71.1 Å². The van der Waals surface area contributed by atoms with Crippen LogP contribution in [0.2, 0.25) is 0 Å². The number of carbonyl (C=O) groups excluding carboxylic acids is 2. The number of methoxy groups -OCH3 is 1. The zero-order valence-electron chi connectivity index (χ0n) is 12.0. The monoisotopic (exact) mass is 276 g/mol. The fourth-order valence-electron chi connectivity index (χ4n) is 1.12. The van der Waals surface area contributed by atoms with E-state index >= 15 is 0 Å². The van der Waals surface area contributed by atoms with Crippen LogP contribution >= 0.6 is 0 Å². The predicted molar refractivity (Wildman–Crippen MR) is 69.0 cm³/mol. The number of Topliss-reactive ketones (excluding diaryl/α,β-unsaturated/α-hetero) is 2. The van der Waals surface area contributed by atoms with Crippen molar-refractivity contribution in [3.63, 3.8) is 0 Å². The van der Waals surface area contributed by atoms with Crippen molar-refractivity contribution in [2.75, 3.05) is 40.3 Å². The third-order valence-corrected chi connectivity index (χ3v) is 2.34. The minimum Gasteiger partial charge on any atom is -0.371 e. The first-order valence-electron chi connectivity index (χ1n) is 6.43. The summed E-state index contributed by atoms with van der Waals surface area (Å²) in [7, 11) is 1.51. The molecular formula is C13H24O6. The van der Waals surface area contributed by atoms with Crippen LogP contribution in [0.4, 0.5) is 0 Å². The van der Waals surface area contributed by atoms with Gasteiger partial charge in [-0.1, -0.05) is 13.8 Å². The minimum atomic E-state index is -0.353. The fourth-order valence-corrected chi connectivity index (χ4v) is 1.12. The Morgan fingerprint density at radius 3 is 1.79 bits per heavy atom. The Balaban J connectivity index is 3.87. The highest BCUT2D eigenvalue weighted by Crippen LogP contribution is 1.97. The van der Waals surface area contributed by atoms with Gasteiger partial charge in [0.05, 0.1) is 13.2 Å². The highest BCUT2D eigenvalue weighted by Gasteiger charge is 2.12. The maximum absolute atomic E-state index is 11.1. The van der Waals surface area contributed by atoms with Gasteiger partial charge in [0.1, 0.15) is 26.1 Å². The molecule has 19 heavy (non-hydrogen) atoms. The SMILES string of the molecule is CCC(=O)COCC(COCC(=O)CC)OCOC. The molecule has 0 fully saturated rings. The third-order valence-electron chi connectivity index (χ3n) is 2.34. The quantitative estimate of drug-likeness (QED) is 0.467. The molecule has 0 aromatic rings. The van der Waals surface area contributed by atoms with E-state index in [0.717, 1.165) is 0 Å². The highest BCUT2D eigenvalue weighted by atomic mass is 16.7. The molecule has 0 spiro atoms. The minimum absolute atomic E-state index is 0.0348. The van der Waals surface area contributed by atoms with E-state index < -0.39 is 0 Å². The summed E-state index contributed by atoms with van der Waals surface area (Å²) in [5, 5.41) is 0. The lowest BCUT2D eigenvalue weighted by atomic mass is 10.3. The van der Waals surface area contributed by atoms with Crippen molar-refractivity contribution in [1.82, 2.24) is 0 Å². The molecule has 0 aromatic heterocycles. The Labute approximate surface area is 114 Å². The molecular weight excluding hydrogens is 252 g/mol. The van der Waals surface area contributed by atoms with Crippen LogP contribution in [0.25, 0.3) is 0 Å². The number of hydrogen-bond acceptors (Lipinski definition) is 6. The van der Waals surface area contributed by atoms with E-state index in [1.807, 2.05) is 0 Å². The summed E-state index contributed by atoms with van der Waals surface area (Å²) < 4.78 is 20.6. The van der Waals surface area contributed by atoms with Crippen LogP contribution in [-0.2, 0) is 28.5 Å². The van der Waals surface area contributed by atoms with E-state index in [4.69, 9.17) is 18.9 Å². The summed E-state index contributed by atoms with van der Waals surface area (Å²) in [5.74, 6) is 0.0696. The summed E-state index contributed by atoms with van der Waals surface area (Å²) in [6, 6.07) is 0. The largest absolute Gasteiger partial charge is 0.371 e. The van der Waals surface area contributed by atoms with Crippen LogP contribution in [0.1, 0.15) is 26.7 Å². The predicted octanol–water partition coefficient (Wildman–Crippen LogP) is 0.967. The molecule has 6 heteroatoms. The van der Waals surface area contributed by atoms with Crippen LogP contribution in [-0.4, -0.2) is 58.0 Å². The van der Waals surface area contributed by atoms with Crippen LogP contribution < -0.4 is 0 Å². The Morgan fingerprint density at radius 1 is 0.947 bits per heavy atom. The first-order valence-corrected chi connectivity index (χ1v) is 6.43. The Hall–Kier alpha value is -0.820. The molecule has 0 atom stereocenters. The average Bonchev–Trinajstić information content (AvgIpc) is 2.43. The maximum Gasteiger partial charge on any atom is 0.158 e. The molecule has 0 saturated carbocycles. The van der Waals surface area contributed by atoms with E-state index in [0.29, 0.717) is 12.8 Å². The van der Waals surface area contributed by atoms with Gasteiger partial charge in [-0.05, 0) is 0 Å². The molecule has 0 aliphatic carbocycles. The van der Waals surface area contributed by atoms with Crippen molar-refractivity contribution in [1.29, 1.82) is 0 Å². The number of carbonyl (C=O) groups is 2. The second-order valence-corrected chi connectivity index (χ2v) is 4.01. The van der Waals surface area contributed by atoms with E-state index in [9.17, 15) is 9.59 Å². The lowest BCUT2D eigenvalue weighted by Gasteiger charge is -2.17. The molecule has 0 unspecified atom stereocenters. The van der Waals surface area contributed by atoms with Gasteiger partial charge in [0.25, 0.3) is 0 Å². The van der Waals surface area contributed by atoms with Gasteiger partial charge in [-0.3, -0.25) is 9.59 Å². The van der Waals surface area contributed by atoms with Gasteiger partial charge >= 0.3 is 0 Å². The molecule has 6 nitrogen and oxygen atoms in total. The first-order chi connectivity index (χ1) is 9.13. The highest BCUT2D eigenvalue weighted by molar-refractivity contribution is 5.79. The molecule has 0 radical (unpaired) electrons. The van der Waals surface area contributed by atoms with Crippen LogP contribution in [0.3, 0.4) is 0 Å². The van der Waals surface area contributed by atoms with Crippen molar-refractivity contribution in [2.45, 2.75) is 32.8 Å². The van der Waals surface area contributed by atoms with Gasteiger partial charge in [-0.2, -0.15) is 0 Å². The summed E-state index contributed by atoms with van der Waals surface area (Å²) >= 11 is 0. The smallest absolute Gasteiger partial charge is 0.158 e. The molecule has 112 valence electrons. The van der Waals surface area contributed by atoms with E-state index in [2.05, 4.69) is 0 Å². The fraction of sp³-hybridized carbons (Fsp3) is 0.846. The Kier molecular flexibility index (Phi) is 11.7. The van der Waals surface area contributed by atoms with Gasteiger partial charge in [0, 0.05) is 20.0 Å². The summed E-state index contributed by atoms with van der Waals surface area (Å²) in [4.78, 5) is 22.2. The van der Waals surface area contributed by atoms with Crippen LogP contribution in [0.15, 0.2) is 0 Å². The van der Waals surface area contributed by atoms with Gasteiger partial charge in [0.15, 0.2) is 11.6 Å². The first kappa shape index (κ1) is 18.2. The average molecular weight is 276 g/mol. The third kappa shape index (κ3) is 10.8. The second kappa shape index (κ2) is 12.2. The van der Waals surface area contributed by atoms with Crippen molar-refractivity contribution < 1.29 is 28.5 Å². The standard InChI is InChI=1S/C13H24O6/c1-4-11(14)6-17-8-13(19-10-16-3)9-18-7-12(15)5-2/h13H,4-10H2,1-3H3. The van der Waals surface area contributed by atoms with Gasteiger partial charge in [0.2, 0.25) is 0 Å². The van der Waals surface area contributed by atoms with Crippen molar-refractivity contribution in [2.24, 2.45) is 0 Å². The van der Waals surface area contributed by atoms with Crippen molar-refractivity contribution in [3.05, 3.63) is 0 Å². The van der Waals surface area contributed by atoms with E-state index in [-0.39, 0.29) is 50.9 Å².